The van der Waals surface area contributed by atoms with Crippen LogP contribution in [0.4, 0.5) is 11.4 Å². The van der Waals surface area contributed by atoms with E-state index < -0.39 is 0 Å². The number of rotatable bonds is 7. The Bertz CT molecular complexity index is 817. The van der Waals surface area contributed by atoms with Gasteiger partial charge in [0.1, 0.15) is 11.5 Å². The smallest absolute Gasteiger partial charge is 0.265 e. The highest BCUT2D eigenvalue weighted by atomic mass is 16.5. The van der Waals surface area contributed by atoms with E-state index >= 15 is 0 Å². The Kier molecular flexibility index (Phi) is 5.96. The third-order valence-electron chi connectivity index (χ3n) is 4.23. The molecule has 0 unspecified atom stereocenters. The highest BCUT2D eigenvalue weighted by Gasteiger charge is 2.25. The van der Waals surface area contributed by atoms with Gasteiger partial charge in [-0.3, -0.25) is 9.59 Å². The monoisotopic (exact) mass is 368 g/mol. The molecule has 3 rings (SSSR count). The topological polar surface area (TPSA) is 67.9 Å². The molecular formula is C21H24N2O4. The normalized spacial score (nSPS) is 13.0. The maximum atomic E-state index is 12.3. The van der Waals surface area contributed by atoms with Crippen molar-refractivity contribution in [3.05, 3.63) is 48.0 Å². The predicted octanol–water partition coefficient (Wildman–Crippen LogP) is 3.40. The average molecular weight is 368 g/mol. The van der Waals surface area contributed by atoms with Crippen LogP contribution in [0.15, 0.2) is 42.5 Å². The number of ether oxygens (including phenoxy) is 2. The van der Waals surface area contributed by atoms with Crippen molar-refractivity contribution in [2.45, 2.75) is 26.7 Å². The predicted molar refractivity (Wildman–Crippen MR) is 105 cm³/mol. The molecular weight excluding hydrogens is 344 g/mol. The molecule has 6 nitrogen and oxygen atoms in total. The van der Waals surface area contributed by atoms with Crippen molar-refractivity contribution in [3.63, 3.8) is 0 Å². The molecule has 0 radical (unpaired) electrons. The minimum Gasteiger partial charge on any atom is -0.494 e. The SMILES string of the molecule is CCCN1C(=O)COc2cc(NC(=O)Cc3ccc(OCC)cc3)ccc21. The molecule has 0 saturated heterocycles. The van der Waals surface area contributed by atoms with Crippen molar-refractivity contribution < 1.29 is 19.1 Å². The molecule has 0 saturated carbocycles. The van der Waals surface area contributed by atoms with Crippen LogP contribution < -0.4 is 19.7 Å². The Morgan fingerprint density at radius 2 is 1.96 bits per heavy atom. The van der Waals surface area contributed by atoms with Gasteiger partial charge in [-0.2, -0.15) is 0 Å². The number of fused-ring (bicyclic) bond motifs is 1. The molecule has 142 valence electrons. The number of hydrogen-bond donors (Lipinski definition) is 1. The number of carbonyl (C=O) groups excluding carboxylic acids is 2. The third kappa shape index (κ3) is 4.58. The lowest BCUT2D eigenvalue weighted by molar-refractivity contribution is -0.121. The van der Waals surface area contributed by atoms with Gasteiger partial charge in [0.15, 0.2) is 6.61 Å². The summed E-state index contributed by atoms with van der Waals surface area (Å²) in [5, 5.41) is 2.88. The summed E-state index contributed by atoms with van der Waals surface area (Å²) in [6, 6.07) is 12.9. The van der Waals surface area contributed by atoms with Gasteiger partial charge in [-0.15, -0.1) is 0 Å². The Hall–Kier alpha value is -3.02. The number of benzene rings is 2. The Morgan fingerprint density at radius 3 is 2.67 bits per heavy atom. The van der Waals surface area contributed by atoms with Gasteiger partial charge >= 0.3 is 0 Å². The zero-order chi connectivity index (χ0) is 19.2. The number of carbonyl (C=O) groups is 2. The maximum absolute atomic E-state index is 12.3. The second-order valence-corrected chi connectivity index (χ2v) is 6.32. The van der Waals surface area contributed by atoms with Crippen molar-refractivity contribution in [1.82, 2.24) is 0 Å². The first-order valence-corrected chi connectivity index (χ1v) is 9.19. The zero-order valence-electron chi connectivity index (χ0n) is 15.7. The molecule has 0 aliphatic carbocycles. The van der Waals surface area contributed by atoms with E-state index in [1.165, 1.54) is 0 Å². The van der Waals surface area contributed by atoms with Gasteiger partial charge in [0, 0.05) is 18.3 Å². The van der Waals surface area contributed by atoms with E-state index in [4.69, 9.17) is 9.47 Å². The molecule has 2 aromatic carbocycles. The minimum absolute atomic E-state index is 0.0244. The first-order valence-electron chi connectivity index (χ1n) is 9.19. The van der Waals surface area contributed by atoms with Gasteiger partial charge in [0.25, 0.3) is 5.91 Å². The van der Waals surface area contributed by atoms with E-state index in [1.54, 1.807) is 17.0 Å². The zero-order valence-corrected chi connectivity index (χ0v) is 15.7. The van der Waals surface area contributed by atoms with Crippen LogP contribution in [0.5, 0.6) is 11.5 Å². The largest absolute Gasteiger partial charge is 0.494 e. The molecule has 1 aliphatic rings. The second kappa shape index (κ2) is 8.58. The number of amides is 2. The third-order valence-corrected chi connectivity index (χ3v) is 4.23. The summed E-state index contributed by atoms with van der Waals surface area (Å²) in [6.07, 6.45) is 1.14. The molecule has 0 fully saturated rings. The summed E-state index contributed by atoms with van der Waals surface area (Å²) in [4.78, 5) is 26.1. The summed E-state index contributed by atoms with van der Waals surface area (Å²) in [5.74, 6) is 1.25. The van der Waals surface area contributed by atoms with Crippen LogP contribution in [-0.2, 0) is 16.0 Å². The molecule has 2 aromatic rings. The van der Waals surface area contributed by atoms with Gasteiger partial charge in [-0.25, -0.2) is 0 Å². The molecule has 0 spiro atoms. The van der Waals surface area contributed by atoms with Crippen molar-refractivity contribution in [2.24, 2.45) is 0 Å². The molecule has 6 heteroatoms. The highest BCUT2D eigenvalue weighted by Crippen LogP contribution is 2.34. The summed E-state index contributed by atoms with van der Waals surface area (Å²) in [7, 11) is 0. The van der Waals surface area contributed by atoms with Crippen LogP contribution in [-0.4, -0.2) is 31.6 Å². The summed E-state index contributed by atoms with van der Waals surface area (Å²) in [6.45, 7) is 5.25. The first-order chi connectivity index (χ1) is 13.1. The highest BCUT2D eigenvalue weighted by molar-refractivity contribution is 5.99. The van der Waals surface area contributed by atoms with Gasteiger partial charge in [0.2, 0.25) is 5.91 Å². The van der Waals surface area contributed by atoms with Crippen molar-refractivity contribution in [3.8, 4) is 11.5 Å². The van der Waals surface area contributed by atoms with Crippen molar-refractivity contribution >= 4 is 23.2 Å². The van der Waals surface area contributed by atoms with Crippen LogP contribution in [0.3, 0.4) is 0 Å². The molecule has 1 aliphatic heterocycles. The lowest BCUT2D eigenvalue weighted by Crippen LogP contribution is -2.39. The second-order valence-electron chi connectivity index (χ2n) is 6.32. The fourth-order valence-corrected chi connectivity index (χ4v) is 3.01. The van der Waals surface area contributed by atoms with Crippen LogP contribution in [0.25, 0.3) is 0 Å². The molecule has 1 N–H and O–H groups in total. The molecule has 0 atom stereocenters. The Labute approximate surface area is 159 Å². The van der Waals surface area contributed by atoms with Gasteiger partial charge in [0.05, 0.1) is 18.7 Å². The van der Waals surface area contributed by atoms with Crippen LogP contribution >= 0.6 is 0 Å². The Balaban J connectivity index is 1.65. The first kappa shape index (κ1) is 18.8. The minimum atomic E-state index is -0.114. The van der Waals surface area contributed by atoms with E-state index in [1.807, 2.05) is 44.2 Å². The standard InChI is InChI=1S/C21H24N2O4/c1-3-11-23-18-10-7-16(13-19(18)27-14-21(23)25)22-20(24)12-15-5-8-17(9-6-15)26-4-2/h5-10,13H,3-4,11-12,14H2,1-2H3,(H,22,24). The maximum Gasteiger partial charge on any atom is 0.265 e. The molecule has 0 aromatic heterocycles. The molecule has 27 heavy (non-hydrogen) atoms. The van der Waals surface area contributed by atoms with Gasteiger partial charge < -0.3 is 19.7 Å². The summed E-state index contributed by atoms with van der Waals surface area (Å²) in [5.41, 5.74) is 2.30. The van der Waals surface area contributed by atoms with E-state index in [-0.39, 0.29) is 24.8 Å². The van der Waals surface area contributed by atoms with Crippen LogP contribution in [0.1, 0.15) is 25.8 Å². The van der Waals surface area contributed by atoms with E-state index in [0.717, 1.165) is 23.4 Å². The van der Waals surface area contributed by atoms with Crippen molar-refractivity contribution in [2.75, 3.05) is 30.0 Å². The quantitative estimate of drug-likeness (QED) is 0.813. The lowest BCUT2D eigenvalue weighted by atomic mass is 10.1. The fourth-order valence-electron chi connectivity index (χ4n) is 3.01. The van der Waals surface area contributed by atoms with Gasteiger partial charge in [-0.05, 0) is 43.2 Å². The number of hydrogen-bond acceptors (Lipinski definition) is 4. The van der Waals surface area contributed by atoms with Crippen LogP contribution in [0.2, 0.25) is 0 Å². The number of nitrogens with zero attached hydrogens (tertiary/aromatic N) is 1. The fraction of sp³-hybridized carbons (Fsp3) is 0.333. The number of anilines is 2. The number of nitrogens with one attached hydrogen (secondary N) is 1. The summed E-state index contributed by atoms with van der Waals surface area (Å²) < 4.78 is 10.9. The van der Waals surface area contributed by atoms with E-state index in [0.29, 0.717) is 24.6 Å². The van der Waals surface area contributed by atoms with E-state index in [9.17, 15) is 9.59 Å². The molecule has 1 heterocycles. The lowest BCUT2D eigenvalue weighted by Gasteiger charge is -2.29. The van der Waals surface area contributed by atoms with Gasteiger partial charge in [-0.1, -0.05) is 19.1 Å². The Morgan fingerprint density at radius 1 is 1.19 bits per heavy atom. The van der Waals surface area contributed by atoms with Crippen LogP contribution in [0, 0.1) is 0 Å². The average Bonchev–Trinajstić information content (AvgIpc) is 2.66. The summed E-state index contributed by atoms with van der Waals surface area (Å²) >= 11 is 0. The molecule has 2 amide bonds. The molecule has 0 bridgehead atoms. The van der Waals surface area contributed by atoms with E-state index in [2.05, 4.69) is 5.32 Å². The van der Waals surface area contributed by atoms with Crippen molar-refractivity contribution in [1.29, 1.82) is 0 Å².